The number of aliphatic hydroxyl groups excluding tert-OH is 1. The molecule has 3 heteroatoms. The Hall–Kier alpha value is -0.520. The van der Waals surface area contributed by atoms with Gasteiger partial charge in [-0.25, -0.2) is 0 Å². The highest BCUT2D eigenvalue weighted by Crippen LogP contribution is 2.78. The Morgan fingerprint density at radius 3 is 2.79 bits per heavy atom. The number of halogens is 1. The Morgan fingerprint density at radius 2 is 2.29 bits per heavy atom. The zero-order chi connectivity index (χ0) is 10.0. The summed E-state index contributed by atoms with van der Waals surface area (Å²) in [4.78, 5) is -0.863. The molecule has 0 aromatic heterocycles. The van der Waals surface area contributed by atoms with Crippen molar-refractivity contribution in [2.75, 3.05) is 6.61 Å². The van der Waals surface area contributed by atoms with Crippen LogP contribution < -0.4 is 0 Å². The molecule has 2 nitrogen and oxygen atoms in total. The summed E-state index contributed by atoms with van der Waals surface area (Å²) in [5.41, 5.74) is -0.319. The second-order valence-electron chi connectivity index (χ2n) is 4.87. The predicted octanol–water partition coefficient (Wildman–Crippen LogP) is 1.84. The number of hydrogen-bond donors (Lipinski definition) is 1. The molecule has 0 aliphatic heterocycles. The topological polar surface area (TPSA) is 44.0 Å². The van der Waals surface area contributed by atoms with Gasteiger partial charge in [0.2, 0.25) is 0 Å². The van der Waals surface area contributed by atoms with Crippen LogP contribution in [0.3, 0.4) is 0 Å². The summed E-state index contributed by atoms with van der Waals surface area (Å²) in [6.45, 7) is 0.0110. The van der Waals surface area contributed by atoms with Crippen LogP contribution in [0.2, 0.25) is 0 Å². The van der Waals surface area contributed by atoms with Gasteiger partial charge in [0.05, 0.1) is 18.1 Å². The summed E-state index contributed by atoms with van der Waals surface area (Å²) in [7, 11) is 0. The molecule has 0 heterocycles. The van der Waals surface area contributed by atoms with Crippen LogP contribution in [0.4, 0.5) is 0 Å². The number of rotatable bonds is 1. The van der Waals surface area contributed by atoms with E-state index in [9.17, 15) is 10.4 Å². The zero-order valence-electron chi connectivity index (χ0n) is 7.83. The van der Waals surface area contributed by atoms with Crippen molar-refractivity contribution < 1.29 is 5.11 Å². The summed E-state index contributed by atoms with van der Waals surface area (Å²) in [5, 5.41) is 18.8. The molecule has 3 atom stereocenters. The van der Waals surface area contributed by atoms with Gasteiger partial charge in [-0.15, -0.1) is 11.6 Å². The van der Waals surface area contributed by atoms with E-state index in [4.69, 9.17) is 11.6 Å². The van der Waals surface area contributed by atoms with Crippen LogP contribution in [0.5, 0.6) is 0 Å². The van der Waals surface area contributed by atoms with E-state index < -0.39 is 10.3 Å². The minimum Gasteiger partial charge on any atom is -0.395 e. The molecule has 2 bridgehead atoms. The molecule has 3 aliphatic carbocycles. The summed E-state index contributed by atoms with van der Waals surface area (Å²) in [6.07, 6.45) is 7.09. The van der Waals surface area contributed by atoms with Crippen molar-refractivity contribution in [3.8, 4) is 6.07 Å². The molecule has 0 radical (unpaired) electrons. The van der Waals surface area contributed by atoms with E-state index in [1.54, 1.807) is 0 Å². The minimum atomic E-state index is -0.863. The van der Waals surface area contributed by atoms with E-state index in [0.29, 0.717) is 12.3 Å². The first kappa shape index (κ1) is 8.76. The van der Waals surface area contributed by atoms with E-state index in [1.165, 1.54) is 0 Å². The maximum absolute atomic E-state index is 9.60. The number of alkyl halides is 1. The van der Waals surface area contributed by atoms with Crippen molar-refractivity contribution in [3.05, 3.63) is 12.2 Å². The standard InChI is InChI=1S/C11H12ClNO/c12-11(6-13)5-8-1-2-10(11,7-14)9(8)3-4-9/h1-2,8,14H,3-5,7H2/t8-,10+,11-/m1/s1. The molecule has 0 amide bonds. The Morgan fingerprint density at radius 1 is 1.57 bits per heavy atom. The fourth-order valence-electron chi connectivity index (χ4n) is 3.67. The molecule has 0 aromatic carbocycles. The molecule has 0 aromatic rings. The van der Waals surface area contributed by atoms with Crippen molar-refractivity contribution in [2.24, 2.45) is 16.7 Å². The largest absolute Gasteiger partial charge is 0.395 e. The van der Waals surface area contributed by atoms with Crippen LogP contribution in [0, 0.1) is 28.1 Å². The normalized spacial score (nSPS) is 51.1. The van der Waals surface area contributed by atoms with Crippen LogP contribution >= 0.6 is 11.6 Å². The van der Waals surface area contributed by atoms with E-state index >= 15 is 0 Å². The lowest BCUT2D eigenvalue weighted by atomic mass is 9.72. The third-order valence-electron chi connectivity index (χ3n) is 4.63. The monoisotopic (exact) mass is 209 g/mol. The van der Waals surface area contributed by atoms with Crippen LogP contribution in [0.1, 0.15) is 19.3 Å². The van der Waals surface area contributed by atoms with Crippen molar-refractivity contribution in [3.63, 3.8) is 0 Å². The van der Waals surface area contributed by atoms with Gasteiger partial charge in [-0.05, 0) is 30.6 Å². The van der Waals surface area contributed by atoms with Gasteiger partial charge in [-0.2, -0.15) is 5.26 Å². The third kappa shape index (κ3) is 0.610. The second kappa shape index (κ2) is 2.18. The van der Waals surface area contributed by atoms with Gasteiger partial charge in [-0.1, -0.05) is 12.2 Å². The lowest BCUT2D eigenvalue weighted by Gasteiger charge is -2.36. The Labute approximate surface area is 88.2 Å². The van der Waals surface area contributed by atoms with Crippen LogP contribution in [0.25, 0.3) is 0 Å². The molecular formula is C11H12ClNO. The van der Waals surface area contributed by atoms with E-state index in [0.717, 1.165) is 12.8 Å². The molecule has 2 saturated carbocycles. The number of hydrogen-bond acceptors (Lipinski definition) is 2. The quantitative estimate of drug-likeness (QED) is 0.529. The van der Waals surface area contributed by atoms with Gasteiger partial charge in [-0.3, -0.25) is 0 Å². The number of aliphatic hydroxyl groups is 1. The molecular weight excluding hydrogens is 198 g/mol. The highest BCUT2D eigenvalue weighted by molar-refractivity contribution is 6.27. The fraction of sp³-hybridized carbons (Fsp3) is 0.727. The third-order valence-corrected chi connectivity index (χ3v) is 5.21. The maximum atomic E-state index is 9.60. The van der Waals surface area contributed by atoms with Crippen molar-refractivity contribution >= 4 is 11.6 Å². The maximum Gasteiger partial charge on any atom is 0.143 e. The minimum absolute atomic E-state index is 0.0110. The molecule has 2 fully saturated rings. The van der Waals surface area contributed by atoms with Gasteiger partial charge in [0.15, 0.2) is 0 Å². The van der Waals surface area contributed by atoms with Crippen molar-refractivity contribution in [1.29, 1.82) is 5.26 Å². The Bertz CT molecular complexity index is 368. The van der Waals surface area contributed by atoms with Gasteiger partial charge in [0.1, 0.15) is 4.87 Å². The zero-order valence-corrected chi connectivity index (χ0v) is 8.59. The molecule has 0 saturated heterocycles. The fourth-order valence-corrected chi connectivity index (χ4v) is 4.15. The molecule has 14 heavy (non-hydrogen) atoms. The average Bonchev–Trinajstić information content (AvgIpc) is 2.89. The molecule has 74 valence electrons. The summed E-state index contributed by atoms with van der Waals surface area (Å²) in [5.74, 6) is 0.423. The van der Waals surface area contributed by atoms with Gasteiger partial charge in [0, 0.05) is 0 Å². The van der Waals surface area contributed by atoms with Crippen molar-refractivity contribution in [2.45, 2.75) is 24.1 Å². The SMILES string of the molecule is N#C[C@]1(Cl)C[C@H]2C=C[C@]1(CO)C21CC1. The highest BCUT2D eigenvalue weighted by Gasteiger charge is 2.77. The molecule has 0 unspecified atom stereocenters. The van der Waals surface area contributed by atoms with Crippen LogP contribution in [-0.4, -0.2) is 16.6 Å². The Kier molecular flexibility index (Phi) is 1.36. The average molecular weight is 210 g/mol. The molecule has 1 spiro atoms. The number of allylic oxidation sites excluding steroid dienone is 1. The van der Waals surface area contributed by atoms with Gasteiger partial charge < -0.3 is 5.11 Å². The Balaban J connectivity index is 2.18. The predicted molar refractivity (Wildman–Crippen MR) is 52.6 cm³/mol. The van der Waals surface area contributed by atoms with E-state index in [1.807, 2.05) is 6.08 Å². The summed E-state index contributed by atoms with van der Waals surface area (Å²) < 4.78 is 0. The van der Waals surface area contributed by atoms with E-state index in [2.05, 4.69) is 12.1 Å². The van der Waals surface area contributed by atoms with Crippen molar-refractivity contribution in [1.82, 2.24) is 0 Å². The second-order valence-corrected chi connectivity index (χ2v) is 5.51. The first-order chi connectivity index (χ1) is 6.64. The van der Waals surface area contributed by atoms with Crippen LogP contribution in [-0.2, 0) is 0 Å². The number of nitrogens with zero attached hydrogens (tertiary/aromatic N) is 1. The molecule has 3 rings (SSSR count). The van der Waals surface area contributed by atoms with Crippen LogP contribution in [0.15, 0.2) is 12.2 Å². The molecule has 1 N–H and O–H groups in total. The first-order valence-electron chi connectivity index (χ1n) is 5.05. The highest BCUT2D eigenvalue weighted by atomic mass is 35.5. The summed E-state index contributed by atoms with van der Waals surface area (Å²) in [6, 6.07) is 2.21. The summed E-state index contributed by atoms with van der Waals surface area (Å²) >= 11 is 6.36. The smallest absolute Gasteiger partial charge is 0.143 e. The lowest BCUT2D eigenvalue weighted by Crippen LogP contribution is -2.44. The lowest BCUT2D eigenvalue weighted by molar-refractivity contribution is 0.106. The first-order valence-corrected chi connectivity index (χ1v) is 5.42. The molecule has 3 aliphatic rings. The van der Waals surface area contributed by atoms with Gasteiger partial charge in [0.25, 0.3) is 0 Å². The van der Waals surface area contributed by atoms with E-state index in [-0.39, 0.29) is 12.0 Å². The number of nitriles is 1. The van der Waals surface area contributed by atoms with Gasteiger partial charge >= 0.3 is 0 Å².